The minimum absolute atomic E-state index is 0.0127. The van der Waals surface area contributed by atoms with E-state index in [1.165, 1.54) is 24.3 Å². The van der Waals surface area contributed by atoms with E-state index in [0.717, 1.165) is 18.3 Å². The number of nitrogens with zero attached hydrogens (tertiary/aromatic N) is 3. The maximum atomic E-state index is 13.9. The highest BCUT2D eigenvalue weighted by molar-refractivity contribution is 6.42. The molecule has 0 unspecified atom stereocenters. The van der Waals surface area contributed by atoms with Crippen molar-refractivity contribution in [3.8, 4) is 5.69 Å². The predicted octanol–water partition coefficient (Wildman–Crippen LogP) is 6.05. The molecular formula is C19H15Cl2F4N5O. The van der Waals surface area contributed by atoms with Gasteiger partial charge in [-0.05, 0) is 36.4 Å². The van der Waals surface area contributed by atoms with Crippen molar-refractivity contribution in [2.45, 2.75) is 6.18 Å². The van der Waals surface area contributed by atoms with Crippen LogP contribution in [0.25, 0.3) is 5.69 Å². The first-order valence-electron chi connectivity index (χ1n) is 8.63. The Balaban J connectivity index is 2.01. The average molecular weight is 476 g/mol. The zero-order chi connectivity index (χ0) is 22.9. The smallest absolute Gasteiger partial charge is 0.376 e. The Morgan fingerprint density at radius 2 is 1.68 bits per heavy atom. The van der Waals surface area contributed by atoms with E-state index in [0.29, 0.717) is 10.4 Å². The van der Waals surface area contributed by atoms with Crippen LogP contribution in [0.2, 0.25) is 10.0 Å². The summed E-state index contributed by atoms with van der Waals surface area (Å²) in [5.41, 5.74) is -1.27. The number of carbonyl (C=O) groups is 1. The highest BCUT2D eigenvalue weighted by atomic mass is 35.5. The van der Waals surface area contributed by atoms with Crippen LogP contribution >= 0.6 is 23.2 Å². The third-order valence-corrected chi connectivity index (χ3v) is 4.84. The first-order chi connectivity index (χ1) is 14.5. The van der Waals surface area contributed by atoms with Crippen molar-refractivity contribution >= 4 is 46.3 Å². The van der Waals surface area contributed by atoms with E-state index in [-0.39, 0.29) is 21.4 Å². The van der Waals surface area contributed by atoms with Crippen molar-refractivity contribution in [1.29, 1.82) is 0 Å². The molecule has 0 atom stereocenters. The maximum absolute atomic E-state index is 13.9. The fraction of sp³-hybridized carbons (Fsp3) is 0.158. The molecule has 0 radical (unpaired) electrons. The van der Waals surface area contributed by atoms with Gasteiger partial charge in [-0.1, -0.05) is 23.2 Å². The lowest BCUT2D eigenvalue weighted by Crippen LogP contribution is -2.23. The third-order valence-electron chi connectivity index (χ3n) is 4.12. The van der Waals surface area contributed by atoms with Gasteiger partial charge in [0, 0.05) is 19.8 Å². The van der Waals surface area contributed by atoms with Gasteiger partial charge in [0.2, 0.25) is 0 Å². The number of anilines is 3. The number of hydrogen-bond donors (Lipinski definition) is 2. The normalized spacial score (nSPS) is 11.4. The molecule has 3 rings (SSSR count). The molecule has 1 heterocycles. The predicted molar refractivity (Wildman–Crippen MR) is 112 cm³/mol. The van der Waals surface area contributed by atoms with E-state index in [4.69, 9.17) is 23.2 Å². The van der Waals surface area contributed by atoms with E-state index in [2.05, 4.69) is 15.7 Å². The van der Waals surface area contributed by atoms with Crippen molar-refractivity contribution in [3.63, 3.8) is 0 Å². The minimum atomic E-state index is -4.87. The van der Waals surface area contributed by atoms with Crippen LogP contribution in [-0.2, 0) is 6.18 Å². The summed E-state index contributed by atoms with van der Waals surface area (Å²) >= 11 is 12.0. The lowest BCUT2D eigenvalue weighted by molar-refractivity contribution is -0.142. The van der Waals surface area contributed by atoms with Gasteiger partial charge in [-0.2, -0.15) is 18.3 Å². The van der Waals surface area contributed by atoms with Crippen LogP contribution in [0.15, 0.2) is 42.6 Å². The summed E-state index contributed by atoms with van der Waals surface area (Å²) in [5.74, 6) is -0.523. The van der Waals surface area contributed by atoms with Crippen LogP contribution in [0, 0.1) is 5.82 Å². The van der Waals surface area contributed by atoms with Crippen LogP contribution in [0.1, 0.15) is 5.69 Å². The Bertz CT molecular complexity index is 1110. The summed E-state index contributed by atoms with van der Waals surface area (Å²) in [7, 11) is 3.24. The minimum Gasteiger partial charge on any atom is -0.376 e. The number of halogens is 6. The van der Waals surface area contributed by atoms with Gasteiger partial charge in [0.15, 0.2) is 5.69 Å². The van der Waals surface area contributed by atoms with Gasteiger partial charge < -0.3 is 15.5 Å². The largest absolute Gasteiger partial charge is 0.435 e. The van der Waals surface area contributed by atoms with E-state index < -0.39 is 29.4 Å². The molecule has 3 aromatic rings. The average Bonchev–Trinajstić information content (AvgIpc) is 3.09. The van der Waals surface area contributed by atoms with Crippen LogP contribution in [-0.4, -0.2) is 29.9 Å². The fourth-order valence-corrected chi connectivity index (χ4v) is 3.08. The van der Waals surface area contributed by atoms with E-state index in [1.807, 2.05) is 0 Å². The molecule has 12 heteroatoms. The van der Waals surface area contributed by atoms with Crippen LogP contribution in [0.3, 0.4) is 0 Å². The molecule has 0 aliphatic carbocycles. The highest BCUT2D eigenvalue weighted by Crippen LogP contribution is 2.40. The zero-order valence-corrected chi connectivity index (χ0v) is 17.6. The van der Waals surface area contributed by atoms with Gasteiger partial charge in [0.05, 0.1) is 33.3 Å². The molecule has 2 N–H and O–H groups in total. The summed E-state index contributed by atoms with van der Waals surface area (Å²) in [6.45, 7) is 0. The van der Waals surface area contributed by atoms with Crippen LogP contribution < -0.4 is 15.5 Å². The van der Waals surface area contributed by atoms with E-state index in [1.54, 1.807) is 19.0 Å². The molecule has 0 aliphatic heterocycles. The summed E-state index contributed by atoms with van der Waals surface area (Å²) in [4.78, 5) is 13.7. The van der Waals surface area contributed by atoms with E-state index in [9.17, 15) is 22.4 Å². The fourth-order valence-electron chi connectivity index (χ4n) is 2.77. The lowest BCUT2D eigenvalue weighted by Gasteiger charge is -2.21. The molecule has 2 aromatic carbocycles. The molecule has 0 fully saturated rings. The molecule has 6 nitrogen and oxygen atoms in total. The number of aromatic nitrogens is 2. The molecule has 0 saturated carbocycles. The second-order valence-electron chi connectivity index (χ2n) is 6.55. The topological polar surface area (TPSA) is 62.2 Å². The molecular weight excluding hydrogens is 461 g/mol. The van der Waals surface area contributed by atoms with Crippen molar-refractivity contribution < 1.29 is 22.4 Å². The molecule has 31 heavy (non-hydrogen) atoms. The monoisotopic (exact) mass is 475 g/mol. The number of urea groups is 1. The summed E-state index contributed by atoms with van der Waals surface area (Å²) in [6, 6.07) is 6.44. The van der Waals surface area contributed by atoms with E-state index >= 15 is 0 Å². The standard InChI is InChI=1S/C19H15Cl2F4N5O/c1-29(2)15-7-12(20)13(21)8-16(15)30-17(19(23,24)25)14(9-26-30)28-18(31)27-11-5-3-10(22)4-6-11/h3-9H,1-2H3,(H2,27,28,31). The quantitative estimate of drug-likeness (QED) is 0.451. The Kier molecular flexibility index (Phi) is 6.33. The van der Waals surface area contributed by atoms with Gasteiger partial charge >= 0.3 is 12.2 Å². The second-order valence-corrected chi connectivity index (χ2v) is 7.37. The van der Waals surface area contributed by atoms with Crippen molar-refractivity contribution in [2.24, 2.45) is 0 Å². The van der Waals surface area contributed by atoms with Crippen LogP contribution in [0.5, 0.6) is 0 Å². The maximum Gasteiger partial charge on any atom is 0.435 e. The zero-order valence-electron chi connectivity index (χ0n) is 16.1. The van der Waals surface area contributed by atoms with Crippen molar-refractivity contribution in [3.05, 3.63) is 64.2 Å². The van der Waals surface area contributed by atoms with Crippen LogP contribution in [0.4, 0.5) is 39.4 Å². The number of rotatable bonds is 4. The summed E-state index contributed by atoms with van der Waals surface area (Å²) < 4.78 is 55.4. The van der Waals surface area contributed by atoms with Gasteiger partial charge in [-0.25, -0.2) is 13.9 Å². The lowest BCUT2D eigenvalue weighted by atomic mass is 10.2. The number of hydrogen-bond acceptors (Lipinski definition) is 3. The Morgan fingerprint density at radius 1 is 1.06 bits per heavy atom. The van der Waals surface area contributed by atoms with Crippen molar-refractivity contribution in [1.82, 2.24) is 9.78 Å². The SMILES string of the molecule is CN(C)c1cc(Cl)c(Cl)cc1-n1ncc(NC(=O)Nc2ccc(F)cc2)c1C(F)(F)F. The molecule has 0 aliphatic rings. The second kappa shape index (κ2) is 8.64. The Hall–Kier alpha value is -2.98. The molecule has 1 aromatic heterocycles. The third kappa shape index (κ3) is 5.02. The number of alkyl halides is 3. The number of benzene rings is 2. The molecule has 2 amide bonds. The van der Waals surface area contributed by atoms with Crippen molar-refractivity contribution in [2.75, 3.05) is 29.6 Å². The number of amides is 2. The first kappa shape index (κ1) is 22.7. The molecule has 0 saturated heterocycles. The molecule has 0 spiro atoms. The van der Waals surface area contributed by atoms with Gasteiger partial charge in [0.1, 0.15) is 5.82 Å². The Labute approximate surface area is 184 Å². The summed E-state index contributed by atoms with van der Waals surface area (Å²) in [6.07, 6.45) is -4.00. The highest BCUT2D eigenvalue weighted by Gasteiger charge is 2.40. The number of nitrogens with one attached hydrogen (secondary N) is 2. The molecule has 0 bridgehead atoms. The summed E-state index contributed by atoms with van der Waals surface area (Å²) in [5, 5.41) is 8.46. The van der Waals surface area contributed by atoms with Gasteiger partial charge in [-0.15, -0.1) is 0 Å². The number of carbonyl (C=O) groups excluding carboxylic acids is 1. The van der Waals surface area contributed by atoms with Gasteiger partial charge in [-0.3, -0.25) is 0 Å². The Morgan fingerprint density at radius 3 is 2.26 bits per heavy atom. The molecule has 164 valence electrons. The first-order valence-corrected chi connectivity index (χ1v) is 9.38. The van der Waals surface area contributed by atoms with Gasteiger partial charge in [0.25, 0.3) is 0 Å².